The zero-order valence-electron chi connectivity index (χ0n) is 9.97. The van der Waals surface area contributed by atoms with Gasteiger partial charge in [0.1, 0.15) is 11.6 Å². The summed E-state index contributed by atoms with van der Waals surface area (Å²) in [6.45, 7) is 2.65. The predicted molar refractivity (Wildman–Crippen MR) is 67.1 cm³/mol. The Kier molecular flexibility index (Phi) is 3.55. The lowest BCUT2D eigenvalue weighted by Gasteiger charge is -2.06. The Labute approximate surface area is 101 Å². The fourth-order valence-corrected chi connectivity index (χ4v) is 1.48. The maximum atomic E-state index is 5.10. The number of nitrogens with one attached hydrogen (secondary N) is 1. The van der Waals surface area contributed by atoms with E-state index in [1.807, 2.05) is 31.2 Å². The van der Waals surface area contributed by atoms with Gasteiger partial charge in [-0.2, -0.15) is 0 Å². The van der Waals surface area contributed by atoms with E-state index >= 15 is 0 Å². The Morgan fingerprint density at radius 3 is 2.59 bits per heavy atom. The Morgan fingerprint density at radius 1 is 1.18 bits per heavy atom. The molecule has 0 aliphatic heterocycles. The van der Waals surface area contributed by atoms with Crippen LogP contribution in [0.25, 0.3) is 0 Å². The molecule has 4 heteroatoms. The van der Waals surface area contributed by atoms with Crippen molar-refractivity contribution in [3.63, 3.8) is 0 Å². The lowest BCUT2D eigenvalue weighted by molar-refractivity contribution is 0.414. The van der Waals surface area contributed by atoms with Crippen molar-refractivity contribution in [2.75, 3.05) is 12.4 Å². The van der Waals surface area contributed by atoms with Gasteiger partial charge < -0.3 is 10.1 Å². The summed E-state index contributed by atoms with van der Waals surface area (Å²) in [4.78, 5) is 8.40. The van der Waals surface area contributed by atoms with E-state index in [4.69, 9.17) is 4.74 Å². The summed E-state index contributed by atoms with van der Waals surface area (Å²) >= 11 is 0. The second-order valence-electron chi connectivity index (χ2n) is 3.75. The highest BCUT2D eigenvalue weighted by Gasteiger charge is 1.97. The van der Waals surface area contributed by atoms with E-state index < -0.39 is 0 Å². The quantitative estimate of drug-likeness (QED) is 0.874. The first-order chi connectivity index (χ1) is 8.28. The van der Waals surface area contributed by atoms with E-state index in [0.717, 1.165) is 23.8 Å². The predicted octanol–water partition coefficient (Wildman–Crippen LogP) is 2.41. The number of aryl methyl sites for hydroxylation is 1. The van der Waals surface area contributed by atoms with Crippen molar-refractivity contribution < 1.29 is 4.74 Å². The van der Waals surface area contributed by atoms with Crippen molar-refractivity contribution in [2.24, 2.45) is 0 Å². The van der Waals surface area contributed by atoms with Gasteiger partial charge in [0.05, 0.1) is 19.0 Å². The van der Waals surface area contributed by atoms with Crippen LogP contribution in [-0.4, -0.2) is 17.1 Å². The van der Waals surface area contributed by atoms with Gasteiger partial charge in [-0.15, -0.1) is 0 Å². The molecule has 0 radical (unpaired) electrons. The zero-order valence-corrected chi connectivity index (χ0v) is 9.97. The second kappa shape index (κ2) is 5.30. The number of nitrogens with zero attached hydrogens (tertiary/aromatic N) is 2. The van der Waals surface area contributed by atoms with Gasteiger partial charge in [0.15, 0.2) is 0 Å². The Morgan fingerprint density at radius 2 is 1.94 bits per heavy atom. The lowest BCUT2D eigenvalue weighted by atomic mass is 10.2. The van der Waals surface area contributed by atoms with Crippen LogP contribution in [0.5, 0.6) is 5.75 Å². The van der Waals surface area contributed by atoms with Crippen molar-refractivity contribution >= 4 is 5.82 Å². The molecule has 17 heavy (non-hydrogen) atoms. The van der Waals surface area contributed by atoms with Gasteiger partial charge in [0, 0.05) is 12.7 Å². The normalized spacial score (nSPS) is 10.0. The van der Waals surface area contributed by atoms with Crippen molar-refractivity contribution in [2.45, 2.75) is 13.5 Å². The SMILES string of the molecule is COc1ccc(CNc2cncc(C)n2)cc1. The highest BCUT2D eigenvalue weighted by molar-refractivity contribution is 5.34. The number of hydrogen-bond acceptors (Lipinski definition) is 4. The molecule has 1 aromatic carbocycles. The fraction of sp³-hybridized carbons (Fsp3) is 0.231. The molecule has 0 amide bonds. The Balaban J connectivity index is 1.97. The molecule has 2 aromatic rings. The van der Waals surface area contributed by atoms with Crippen LogP contribution in [0, 0.1) is 6.92 Å². The average molecular weight is 229 g/mol. The third kappa shape index (κ3) is 3.17. The van der Waals surface area contributed by atoms with Crippen LogP contribution in [0.15, 0.2) is 36.7 Å². The van der Waals surface area contributed by atoms with Gasteiger partial charge >= 0.3 is 0 Å². The first-order valence-corrected chi connectivity index (χ1v) is 5.43. The summed E-state index contributed by atoms with van der Waals surface area (Å²) in [6.07, 6.45) is 3.45. The van der Waals surface area contributed by atoms with Crippen LogP contribution in [0.1, 0.15) is 11.3 Å². The van der Waals surface area contributed by atoms with E-state index in [0.29, 0.717) is 0 Å². The van der Waals surface area contributed by atoms with Crippen LogP contribution < -0.4 is 10.1 Å². The lowest BCUT2D eigenvalue weighted by Crippen LogP contribution is -2.02. The largest absolute Gasteiger partial charge is 0.497 e. The molecule has 0 fully saturated rings. The second-order valence-corrected chi connectivity index (χ2v) is 3.75. The molecule has 0 bridgehead atoms. The Hall–Kier alpha value is -2.10. The molecule has 88 valence electrons. The number of anilines is 1. The molecule has 0 aliphatic carbocycles. The number of benzene rings is 1. The highest BCUT2D eigenvalue weighted by atomic mass is 16.5. The van der Waals surface area contributed by atoms with E-state index in [-0.39, 0.29) is 0 Å². The third-order valence-electron chi connectivity index (χ3n) is 2.39. The Bertz CT molecular complexity index is 482. The highest BCUT2D eigenvalue weighted by Crippen LogP contribution is 2.12. The van der Waals surface area contributed by atoms with Gasteiger partial charge in [-0.1, -0.05) is 12.1 Å². The maximum absolute atomic E-state index is 5.10. The van der Waals surface area contributed by atoms with E-state index in [2.05, 4.69) is 15.3 Å². The third-order valence-corrected chi connectivity index (χ3v) is 2.39. The van der Waals surface area contributed by atoms with E-state index in [1.54, 1.807) is 19.5 Å². The first-order valence-electron chi connectivity index (χ1n) is 5.43. The molecule has 0 aliphatic rings. The van der Waals surface area contributed by atoms with Gasteiger partial charge in [-0.25, -0.2) is 4.98 Å². The van der Waals surface area contributed by atoms with E-state index in [9.17, 15) is 0 Å². The summed E-state index contributed by atoms with van der Waals surface area (Å²) in [5, 5.41) is 3.22. The average Bonchev–Trinajstić information content (AvgIpc) is 2.37. The summed E-state index contributed by atoms with van der Waals surface area (Å²) < 4.78 is 5.10. The molecule has 1 N–H and O–H groups in total. The number of methoxy groups -OCH3 is 1. The molecule has 2 rings (SSSR count). The van der Waals surface area contributed by atoms with Crippen molar-refractivity contribution in [1.29, 1.82) is 0 Å². The fourth-order valence-electron chi connectivity index (χ4n) is 1.48. The van der Waals surface area contributed by atoms with Gasteiger partial charge in [0.25, 0.3) is 0 Å². The van der Waals surface area contributed by atoms with Gasteiger partial charge in [-0.3, -0.25) is 4.98 Å². The zero-order chi connectivity index (χ0) is 12.1. The number of hydrogen-bond donors (Lipinski definition) is 1. The summed E-state index contributed by atoms with van der Waals surface area (Å²) in [5.41, 5.74) is 2.08. The minimum Gasteiger partial charge on any atom is -0.497 e. The molecule has 0 spiro atoms. The van der Waals surface area contributed by atoms with Crippen molar-refractivity contribution in [3.8, 4) is 5.75 Å². The van der Waals surface area contributed by atoms with Crippen LogP contribution in [0.2, 0.25) is 0 Å². The molecular formula is C13H15N3O. The molecule has 0 atom stereocenters. The summed E-state index contributed by atoms with van der Waals surface area (Å²) in [6, 6.07) is 7.93. The molecule has 0 unspecified atom stereocenters. The standard InChI is InChI=1S/C13H15N3O/c1-10-7-14-9-13(16-10)15-8-11-3-5-12(17-2)6-4-11/h3-7,9H,8H2,1-2H3,(H,15,16). The maximum Gasteiger partial charge on any atom is 0.145 e. The molecule has 0 saturated heterocycles. The van der Waals surface area contributed by atoms with Gasteiger partial charge in [-0.05, 0) is 24.6 Å². The van der Waals surface area contributed by atoms with Crippen molar-refractivity contribution in [3.05, 3.63) is 47.9 Å². The van der Waals surface area contributed by atoms with Crippen LogP contribution >= 0.6 is 0 Å². The number of aromatic nitrogens is 2. The van der Waals surface area contributed by atoms with Crippen LogP contribution in [0.3, 0.4) is 0 Å². The van der Waals surface area contributed by atoms with Crippen LogP contribution in [-0.2, 0) is 6.54 Å². The molecule has 4 nitrogen and oxygen atoms in total. The number of ether oxygens (including phenoxy) is 1. The topological polar surface area (TPSA) is 47.0 Å². The molecule has 1 heterocycles. The van der Waals surface area contributed by atoms with E-state index in [1.165, 1.54) is 5.56 Å². The molecule has 0 saturated carbocycles. The molecular weight excluding hydrogens is 214 g/mol. The monoisotopic (exact) mass is 229 g/mol. The minimum absolute atomic E-state index is 0.724. The van der Waals surface area contributed by atoms with Gasteiger partial charge in [0.2, 0.25) is 0 Å². The molecule has 1 aromatic heterocycles. The summed E-state index contributed by atoms with van der Waals surface area (Å²) in [5.74, 6) is 1.66. The number of rotatable bonds is 4. The van der Waals surface area contributed by atoms with Crippen molar-refractivity contribution in [1.82, 2.24) is 9.97 Å². The smallest absolute Gasteiger partial charge is 0.145 e. The summed E-state index contributed by atoms with van der Waals surface area (Å²) in [7, 11) is 1.66. The van der Waals surface area contributed by atoms with Crippen LogP contribution in [0.4, 0.5) is 5.82 Å². The minimum atomic E-state index is 0.724. The first kappa shape index (κ1) is 11.4.